The highest BCUT2D eigenvalue weighted by Gasteiger charge is 2.16. The average Bonchev–Trinajstić information content (AvgIpc) is 2.83. The van der Waals surface area contributed by atoms with E-state index in [0.717, 1.165) is 10.0 Å². The zero-order valence-electron chi connectivity index (χ0n) is 12.0. The predicted octanol–water partition coefficient (Wildman–Crippen LogP) is 4.42. The Morgan fingerprint density at radius 3 is 2.52 bits per heavy atom. The van der Waals surface area contributed by atoms with Crippen molar-refractivity contribution in [3.8, 4) is 5.88 Å². The highest BCUT2D eigenvalue weighted by molar-refractivity contribution is 9.10. The average molecular weight is 394 g/mol. The van der Waals surface area contributed by atoms with Crippen LogP contribution in [0.25, 0.3) is 10.9 Å². The van der Waals surface area contributed by atoms with Gasteiger partial charge in [-0.05, 0) is 41.1 Å². The van der Waals surface area contributed by atoms with Crippen molar-refractivity contribution in [2.24, 2.45) is 9.63 Å². The summed E-state index contributed by atoms with van der Waals surface area (Å²) in [4.78, 5) is 2.79. The third kappa shape index (κ3) is 2.99. The van der Waals surface area contributed by atoms with Gasteiger partial charge in [0.05, 0.1) is 10.4 Å². The Morgan fingerprint density at radius 1 is 1.13 bits per heavy atom. The Bertz CT molecular complexity index is 1010. The van der Waals surface area contributed by atoms with E-state index in [0.29, 0.717) is 10.9 Å². The van der Waals surface area contributed by atoms with Gasteiger partial charge in [-0.25, -0.2) is 0 Å². The first kappa shape index (κ1) is 15.7. The number of sulfonamides is 1. The molecular formula is C15H12BrN3O3S. The predicted molar refractivity (Wildman–Crippen MR) is 90.5 cm³/mol. The minimum Gasteiger partial charge on any atom is -0.493 e. The van der Waals surface area contributed by atoms with Crippen LogP contribution in [0.1, 0.15) is 5.56 Å². The van der Waals surface area contributed by atoms with Crippen LogP contribution in [0.3, 0.4) is 0 Å². The number of nitrogens with zero attached hydrogens (tertiary/aromatic N) is 2. The van der Waals surface area contributed by atoms with Crippen LogP contribution < -0.4 is 0 Å². The number of aromatic nitrogens is 1. The van der Waals surface area contributed by atoms with Gasteiger partial charge in [0.2, 0.25) is 5.88 Å². The summed E-state index contributed by atoms with van der Waals surface area (Å²) in [7, 11) is -3.93. The van der Waals surface area contributed by atoms with Gasteiger partial charge < -0.3 is 10.1 Å². The Morgan fingerprint density at radius 2 is 1.83 bits per heavy atom. The molecule has 0 radical (unpaired) electrons. The number of fused-ring (bicyclic) bond motifs is 1. The molecule has 1 heterocycles. The van der Waals surface area contributed by atoms with Crippen LogP contribution >= 0.6 is 15.9 Å². The number of aromatic hydroxyl groups is 1. The highest BCUT2D eigenvalue weighted by atomic mass is 79.9. The lowest BCUT2D eigenvalue weighted by molar-refractivity contribution is 0.459. The quantitative estimate of drug-likeness (QED) is 0.644. The summed E-state index contributed by atoms with van der Waals surface area (Å²) in [6.45, 7) is 1.86. The van der Waals surface area contributed by atoms with E-state index in [1.807, 2.05) is 6.92 Å². The van der Waals surface area contributed by atoms with E-state index < -0.39 is 10.0 Å². The molecule has 23 heavy (non-hydrogen) atoms. The molecule has 0 fully saturated rings. The molecule has 0 spiro atoms. The lowest BCUT2D eigenvalue weighted by atomic mass is 10.2. The molecule has 3 aromatic rings. The molecule has 0 aliphatic heterocycles. The molecule has 2 aromatic carbocycles. The SMILES string of the molecule is Cc1ccc(S(=O)(=O)N=Nc2c(O)[nH]c3c(Br)cccc23)cc1. The number of aromatic amines is 1. The van der Waals surface area contributed by atoms with Gasteiger partial charge in [-0.1, -0.05) is 34.3 Å². The van der Waals surface area contributed by atoms with Crippen LogP contribution in [0.2, 0.25) is 0 Å². The van der Waals surface area contributed by atoms with Gasteiger partial charge in [-0.3, -0.25) is 0 Å². The van der Waals surface area contributed by atoms with Crippen LogP contribution in [0, 0.1) is 6.92 Å². The van der Waals surface area contributed by atoms with Gasteiger partial charge in [0.15, 0.2) is 5.69 Å². The summed E-state index contributed by atoms with van der Waals surface area (Å²) in [5.41, 5.74) is 1.64. The normalized spacial score (nSPS) is 12.3. The van der Waals surface area contributed by atoms with Crippen LogP contribution in [0.4, 0.5) is 5.69 Å². The topological polar surface area (TPSA) is 94.9 Å². The number of hydrogen-bond donors (Lipinski definition) is 2. The third-order valence-corrected chi connectivity index (χ3v) is 5.13. The van der Waals surface area contributed by atoms with Crippen molar-refractivity contribution >= 4 is 42.5 Å². The van der Waals surface area contributed by atoms with Gasteiger partial charge in [0.25, 0.3) is 10.0 Å². The number of nitrogens with one attached hydrogen (secondary N) is 1. The molecule has 0 aliphatic rings. The monoisotopic (exact) mass is 393 g/mol. The number of hydrogen-bond acceptors (Lipinski definition) is 4. The molecule has 0 bridgehead atoms. The maximum Gasteiger partial charge on any atom is 0.299 e. The molecule has 0 amide bonds. The zero-order chi connectivity index (χ0) is 16.6. The van der Waals surface area contributed by atoms with Crippen LogP contribution in [-0.4, -0.2) is 18.5 Å². The van der Waals surface area contributed by atoms with Crippen LogP contribution in [0.5, 0.6) is 5.88 Å². The lowest BCUT2D eigenvalue weighted by Crippen LogP contribution is -1.95. The molecule has 1 aromatic heterocycles. The van der Waals surface area contributed by atoms with Crippen molar-refractivity contribution in [1.29, 1.82) is 0 Å². The van der Waals surface area contributed by atoms with E-state index >= 15 is 0 Å². The van der Waals surface area contributed by atoms with Gasteiger partial charge >= 0.3 is 0 Å². The summed E-state index contributed by atoms with van der Waals surface area (Å²) in [5.74, 6) is -0.241. The summed E-state index contributed by atoms with van der Waals surface area (Å²) < 4.78 is 28.6. The van der Waals surface area contributed by atoms with E-state index in [-0.39, 0.29) is 16.5 Å². The minimum absolute atomic E-state index is 0.0485. The maximum atomic E-state index is 12.2. The molecule has 0 aliphatic carbocycles. The Kier molecular flexibility index (Phi) is 3.95. The third-order valence-electron chi connectivity index (χ3n) is 3.30. The van der Waals surface area contributed by atoms with Crippen molar-refractivity contribution in [2.75, 3.05) is 0 Å². The first-order valence-electron chi connectivity index (χ1n) is 6.62. The fourth-order valence-electron chi connectivity index (χ4n) is 2.11. The minimum atomic E-state index is -3.93. The summed E-state index contributed by atoms with van der Waals surface area (Å²) in [5, 5.41) is 14.2. The number of H-pyrrole nitrogens is 1. The molecular weight excluding hydrogens is 382 g/mol. The number of para-hydroxylation sites is 1. The molecule has 118 valence electrons. The van der Waals surface area contributed by atoms with Gasteiger partial charge in [0, 0.05) is 9.86 Å². The van der Waals surface area contributed by atoms with Gasteiger partial charge in [0.1, 0.15) is 0 Å². The standard InChI is InChI=1S/C15H12BrN3O3S/c1-9-5-7-10(8-6-9)23(21,22)19-18-14-11-3-2-4-12(16)13(11)17-15(14)20/h2-8,17,20H,1H3. The molecule has 0 atom stereocenters. The maximum absolute atomic E-state index is 12.2. The summed E-state index contributed by atoms with van der Waals surface area (Å²) in [6.07, 6.45) is 0. The fourth-order valence-corrected chi connectivity index (χ4v) is 3.34. The van der Waals surface area contributed by atoms with E-state index in [1.54, 1.807) is 30.3 Å². The second kappa shape index (κ2) is 5.78. The number of aryl methyl sites for hydroxylation is 1. The number of rotatable bonds is 3. The molecule has 6 nitrogen and oxygen atoms in total. The van der Waals surface area contributed by atoms with Gasteiger partial charge in [-0.2, -0.15) is 8.42 Å². The molecule has 8 heteroatoms. The first-order chi connectivity index (χ1) is 10.9. The van der Waals surface area contributed by atoms with Crippen molar-refractivity contribution in [2.45, 2.75) is 11.8 Å². The molecule has 3 rings (SSSR count). The Hall–Kier alpha value is -2.19. The molecule has 0 saturated heterocycles. The Labute approximate surface area is 141 Å². The van der Waals surface area contributed by atoms with E-state index in [4.69, 9.17) is 0 Å². The van der Waals surface area contributed by atoms with E-state index in [1.165, 1.54) is 12.1 Å². The number of halogens is 1. The highest BCUT2D eigenvalue weighted by Crippen LogP contribution is 2.38. The summed E-state index contributed by atoms with van der Waals surface area (Å²) in [6, 6.07) is 11.6. The second-order valence-corrected chi connectivity index (χ2v) is 7.39. The largest absolute Gasteiger partial charge is 0.493 e. The molecule has 2 N–H and O–H groups in total. The Balaban J connectivity index is 2.05. The van der Waals surface area contributed by atoms with Crippen molar-refractivity contribution < 1.29 is 13.5 Å². The first-order valence-corrected chi connectivity index (χ1v) is 8.85. The lowest BCUT2D eigenvalue weighted by Gasteiger charge is -1.98. The van der Waals surface area contributed by atoms with E-state index in [9.17, 15) is 13.5 Å². The van der Waals surface area contributed by atoms with E-state index in [2.05, 4.69) is 30.5 Å². The molecule has 0 saturated carbocycles. The summed E-state index contributed by atoms with van der Waals surface area (Å²) >= 11 is 3.35. The fraction of sp³-hybridized carbons (Fsp3) is 0.0667. The smallest absolute Gasteiger partial charge is 0.299 e. The molecule has 0 unspecified atom stereocenters. The zero-order valence-corrected chi connectivity index (χ0v) is 14.4. The van der Waals surface area contributed by atoms with Crippen molar-refractivity contribution in [3.05, 3.63) is 52.5 Å². The van der Waals surface area contributed by atoms with Crippen LogP contribution in [-0.2, 0) is 10.0 Å². The van der Waals surface area contributed by atoms with Crippen molar-refractivity contribution in [1.82, 2.24) is 4.98 Å². The van der Waals surface area contributed by atoms with Gasteiger partial charge in [-0.15, -0.1) is 5.11 Å². The second-order valence-electron chi connectivity index (χ2n) is 4.95. The number of benzene rings is 2. The van der Waals surface area contributed by atoms with Crippen molar-refractivity contribution in [3.63, 3.8) is 0 Å². The van der Waals surface area contributed by atoms with Crippen LogP contribution in [0.15, 0.2) is 61.5 Å².